The molecule has 0 radical (unpaired) electrons. The number of rotatable bonds is 4. The molecular formula is C18H19F4N2O2S+. The first-order valence-electron chi connectivity index (χ1n) is 8.43. The fourth-order valence-corrected chi connectivity index (χ4v) is 4.85. The summed E-state index contributed by atoms with van der Waals surface area (Å²) in [7, 11) is -4.25. The van der Waals surface area contributed by atoms with E-state index in [1.54, 1.807) is 18.2 Å². The fourth-order valence-electron chi connectivity index (χ4n) is 3.20. The van der Waals surface area contributed by atoms with Gasteiger partial charge in [0.15, 0.2) is 0 Å². The average molecular weight is 403 g/mol. The highest BCUT2D eigenvalue weighted by atomic mass is 32.2. The minimum atomic E-state index is -4.75. The standard InChI is InChI=1S/C18H18F4N2O2S/c19-16-7-3-1-5-14(16)13-23-9-11-24(12-10-23)27(25,26)17-8-4-2-6-15(17)18(20,21)22/h1-8H,9-13H2/p+1. The summed E-state index contributed by atoms with van der Waals surface area (Å²) >= 11 is 0. The largest absolute Gasteiger partial charge is 0.417 e. The summed E-state index contributed by atoms with van der Waals surface area (Å²) < 4.78 is 79.8. The van der Waals surface area contributed by atoms with Gasteiger partial charge in [-0.15, -0.1) is 0 Å². The molecule has 146 valence electrons. The van der Waals surface area contributed by atoms with E-state index in [2.05, 4.69) is 0 Å². The lowest BCUT2D eigenvalue weighted by Crippen LogP contribution is -3.13. The molecule has 1 saturated heterocycles. The predicted molar refractivity (Wildman–Crippen MR) is 91.0 cm³/mol. The first kappa shape index (κ1) is 19.8. The van der Waals surface area contributed by atoms with Gasteiger partial charge in [0.05, 0.1) is 36.6 Å². The predicted octanol–water partition coefficient (Wildman–Crippen LogP) is 1.93. The van der Waals surface area contributed by atoms with Crippen molar-refractivity contribution in [3.8, 4) is 0 Å². The molecule has 2 aromatic carbocycles. The van der Waals surface area contributed by atoms with E-state index in [0.29, 0.717) is 25.2 Å². The molecule has 2 aromatic rings. The van der Waals surface area contributed by atoms with Crippen LogP contribution in [-0.4, -0.2) is 38.9 Å². The van der Waals surface area contributed by atoms with Crippen molar-refractivity contribution in [3.63, 3.8) is 0 Å². The molecule has 3 rings (SSSR count). The number of nitrogens with zero attached hydrogens (tertiary/aromatic N) is 1. The molecule has 0 aliphatic carbocycles. The van der Waals surface area contributed by atoms with Crippen LogP contribution in [-0.2, 0) is 22.7 Å². The Balaban J connectivity index is 1.73. The maximum atomic E-state index is 13.8. The van der Waals surface area contributed by atoms with Gasteiger partial charge in [-0.3, -0.25) is 0 Å². The van der Waals surface area contributed by atoms with Crippen LogP contribution in [0, 0.1) is 5.82 Å². The zero-order valence-corrected chi connectivity index (χ0v) is 15.2. The molecule has 1 heterocycles. The van der Waals surface area contributed by atoms with Crippen LogP contribution in [0.3, 0.4) is 0 Å². The second-order valence-electron chi connectivity index (χ2n) is 6.42. The lowest BCUT2D eigenvalue weighted by atomic mass is 10.2. The first-order chi connectivity index (χ1) is 12.7. The molecule has 1 N–H and O–H groups in total. The van der Waals surface area contributed by atoms with Gasteiger partial charge in [0.25, 0.3) is 0 Å². The summed E-state index contributed by atoms with van der Waals surface area (Å²) in [6, 6.07) is 10.6. The van der Waals surface area contributed by atoms with E-state index in [0.717, 1.165) is 21.3 Å². The molecule has 0 saturated carbocycles. The molecule has 1 aliphatic heterocycles. The van der Waals surface area contributed by atoms with Gasteiger partial charge in [-0.1, -0.05) is 30.3 Å². The Morgan fingerprint density at radius 1 is 0.963 bits per heavy atom. The zero-order chi connectivity index (χ0) is 19.7. The summed E-state index contributed by atoms with van der Waals surface area (Å²) in [4.78, 5) is 0.255. The van der Waals surface area contributed by atoms with E-state index < -0.39 is 26.7 Å². The number of benzene rings is 2. The highest BCUT2D eigenvalue weighted by Gasteiger charge is 2.40. The van der Waals surface area contributed by atoms with Crippen molar-refractivity contribution in [2.24, 2.45) is 0 Å². The molecule has 0 amide bonds. The number of nitrogens with one attached hydrogen (secondary N) is 1. The van der Waals surface area contributed by atoms with Crippen LogP contribution in [0.25, 0.3) is 0 Å². The molecule has 0 aromatic heterocycles. The molecule has 0 spiro atoms. The lowest BCUT2D eigenvalue weighted by molar-refractivity contribution is -0.917. The van der Waals surface area contributed by atoms with E-state index in [9.17, 15) is 26.0 Å². The second-order valence-corrected chi connectivity index (χ2v) is 8.32. The third-order valence-electron chi connectivity index (χ3n) is 4.64. The van der Waals surface area contributed by atoms with Gasteiger partial charge in [0.1, 0.15) is 12.4 Å². The van der Waals surface area contributed by atoms with Crippen LogP contribution in [0.15, 0.2) is 53.4 Å². The summed E-state index contributed by atoms with van der Waals surface area (Å²) in [5.74, 6) is -0.320. The molecule has 27 heavy (non-hydrogen) atoms. The van der Waals surface area contributed by atoms with Crippen molar-refractivity contribution in [3.05, 3.63) is 65.5 Å². The Kier molecular flexibility index (Phi) is 5.55. The quantitative estimate of drug-likeness (QED) is 0.793. The number of hydrogen-bond donors (Lipinski definition) is 1. The normalized spacial score (nSPS) is 17.2. The Hall–Kier alpha value is -1.97. The van der Waals surface area contributed by atoms with Crippen LogP contribution in [0.2, 0.25) is 0 Å². The third kappa shape index (κ3) is 4.31. The van der Waals surface area contributed by atoms with Gasteiger partial charge in [0, 0.05) is 5.56 Å². The van der Waals surface area contributed by atoms with Gasteiger partial charge in [-0.05, 0) is 18.2 Å². The molecule has 9 heteroatoms. The van der Waals surface area contributed by atoms with E-state index in [1.165, 1.54) is 18.2 Å². The van der Waals surface area contributed by atoms with Crippen molar-refractivity contribution >= 4 is 10.0 Å². The molecule has 0 bridgehead atoms. The molecule has 4 nitrogen and oxygen atoms in total. The Morgan fingerprint density at radius 2 is 1.56 bits per heavy atom. The monoisotopic (exact) mass is 403 g/mol. The minimum absolute atomic E-state index is 0.0817. The Bertz CT molecular complexity index is 908. The maximum Gasteiger partial charge on any atom is 0.417 e. The number of halogens is 4. The fraction of sp³-hybridized carbons (Fsp3) is 0.333. The van der Waals surface area contributed by atoms with E-state index >= 15 is 0 Å². The van der Waals surface area contributed by atoms with Gasteiger partial charge >= 0.3 is 6.18 Å². The molecular weight excluding hydrogens is 384 g/mol. The smallest absolute Gasteiger partial charge is 0.329 e. The number of quaternary nitrogens is 1. The van der Waals surface area contributed by atoms with Crippen molar-refractivity contribution < 1.29 is 30.9 Å². The minimum Gasteiger partial charge on any atom is -0.329 e. The molecule has 1 fully saturated rings. The maximum absolute atomic E-state index is 13.8. The second kappa shape index (κ2) is 7.57. The average Bonchev–Trinajstić information content (AvgIpc) is 2.63. The summed E-state index contributed by atoms with van der Waals surface area (Å²) in [6.45, 7) is 1.35. The van der Waals surface area contributed by atoms with Crippen LogP contribution in [0.4, 0.5) is 17.6 Å². The lowest BCUT2D eigenvalue weighted by Gasteiger charge is -2.32. The van der Waals surface area contributed by atoms with E-state index in [1.807, 2.05) is 0 Å². The topological polar surface area (TPSA) is 41.8 Å². The summed E-state index contributed by atoms with van der Waals surface area (Å²) in [5, 5.41) is 0. The Morgan fingerprint density at radius 3 is 2.19 bits per heavy atom. The summed E-state index contributed by atoms with van der Waals surface area (Å²) in [6.07, 6.45) is -4.75. The number of piperazine rings is 1. The van der Waals surface area contributed by atoms with Crippen molar-refractivity contribution in [1.29, 1.82) is 0 Å². The van der Waals surface area contributed by atoms with Crippen molar-refractivity contribution in [2.75, 3.05) is 26.2 Å². The highest BCUT2D eigenvalue weighted by Crippen LogP contribution is 2.35. The Labute approximate surface area is 155 Å². The SMILES string of the molecule is O=S(=O)(c1ccccc1C(F)(F)F)N1CC[NH+](Cc2ccccc2F)CC1. The number of sulfonamides is 1. The molecule has 0 atom stereocenters. The first-order valence-corrected chi connectivity index (χ1v) is 9.87. The van der Waals surface area contributed by atoms with Gasteiger partial charge in [0.2, 0.25) is 10.0 Å². The van der Waals surface area contributed by atoms with Crippen molar-refractivity contribution in [1.82, 2.24) is 4.31 Å². The van der Waals surface area contributed by atoms with Crippen LogP contribution < -0.4 is 4.90 Å². The zero-order valence-electron chi connectivity index (χ0n) is 14.3. The van der Waals surface area contributed by atoms with Crippen molar-refractivity contribution in [2.45, 2.75) is 17.6 Å². The van der Waals surface area contributed by atoms with Crippen LogP contribution in [0.1, 0.15) is 11.1 Å². The van der Waals surface area contributed by atoms with E-state index in [-0.39, 0.29) is 18.9 Å². The van der Waals surface area contributed by atoms with Crippen LogP contribution >= 0.6 is 0 Å². The van der Waals surface area contributed by atoms with E-state index in [4.69, 9.17) is 0 Å². The highest BCUT2D eigenvalue weighted by molar-refractivity contribution is 7.89. The molecule has 1 aliphatic rings. The molecule has 0 unspecified atom stereocenters. The van der Waals surface area contributed by atoms with Gasteiger partial charge < -0.3 is 4.90 Å². The summed E-state index contributed by atoms with van der Waals surface area (Å²) in [5.41, 5.74) is -0.627. The number of alkyl halides is 3. The number of hydrogen-bond acceptors (Lipinski definition) is 2. The third-order valence-corrected chi connectivity index (χ3v) is 6.59. The van der Waals surface area contributed by atoms with Gasteiger partial charge in [-0.25, -0.2) is 12.8 Å². The van der Waals surface area contributed by atoms with Gasteiger partial charge in [-0.2, -0.15) is 17.5 Å². The van der Waals surface area contributed by atoms with Crippen LogP contribution in [0.5, 0.6) is 0 Å².